The van der Waals surface area contributed by atoms with Gasteiger partial charge in [-0.15, -0.1) is 0 Å². The molecule has 0 spiro atoms. The number of methoxy groups -OCH3 is 1. The van der Waals surface area contributed by atoms with Crippen molar-refractivity contribution in [3.8, 4) is 0 Å². The summed E-state index contributed by atoms with van der Waals surface area (Å²) in [6.45, 7) is 5.07. The van der Waals surface area contributed by atoms with Gasteiger partial charge in [-0.05, 0) is 48.2 Å². The van der Waals surface area contributed by atoms with Crippen molar-refractivity contribution in [2.45, 2.75) is 45.8 Å². The van der Waals surface area contributed by atoms with Crippen LogP contribution in [0.15, 0.2) is 24.3 Å². The van der Waals surface area contributed by atoms with Gasteiger partial charge in [-0.25, -0.2) is 0 Å². The van der Waals surface area contributed by atoms with E-state index in [-0.39, 0.29) is 5.91 Å². The first-order valence-electron chi connectivity index (χ1n) is 8.46. The van der Waals surface area contributed by atoms with Crippen molar-refractivity contribution in [2.24, 2.45) is 11.8 Å². The average molecular weight is 350 g/mol. The molecule has 6 heteroatoms. The number of rotatable bonds is 4. The third-order valence-electron chi connectivity index (χ3n) is 4.84. The molecule has 5 nitrogen and oxygen atoms in total. The second kappa shape index (κ2) is 8.99. The molecule has 0 aromatic heterocycles. The average Bonchev–Trinajstić information content (AvgIpc) is 2.58. The van der Waals surface area contributed by atoms with Crippen molar-refractivity contribution in [3.05, 3.63) is 35.4 Å². The number of hydrogen-bond donors (Lipinski definition) is 3. The Bertz CT molecular complexity index is 562. The van der Waals surface area contributed by atoms with Crippen LogP contribution in [0.1, 0.15) is 49.0 Å². The van der Waals surface area contributed by atoms with Gasteiger partial charge in [0.15, 0.2) is 5.11 Å². The number of thiocarbonyl (C=S) groups is 1. The van der Waals surface area contributed by atoms with Crippen LogP contribution in [0.4, 0.5) is 0 Å². The Morgan fingerprint density at radius 2 is 1.92 bits per heavy atom. The van der Waals surface area contributed by atoms with Gasteiger partial charge in [0.1, 0.15) is 0 Å². The Labute approximate surface area is 149 Å². The van der Waals surface area contributed by atoms with Crippen molar-refractivity contribution in [1.29, 1.82) is 0 Å². The zero-order chi connectivity index (χ0) is 17.5. The molecule has 0 radical (unpaired) electrons. The summed E-state index contributed by atoms with van der Waals surface area (Å²) in [5.41, 5.74) is 7.04. The first kappa shape index (κ1) is 18.7. The van der Waals surface area contributed by atoms with E-state index in [0.29, 0.717) is 35.2 Å². The lowest BCUT2D eigenvalue weighted by atomic mass is 9.78. The highest BCUT2D eigenvalue weighted by Gasteiger charge is 2.27. The fourth-order valence-electron chi connectivity index (χ4n) is 3.09. The van der Waals surface area contributed by atoms with E-state index in [1.165, 1.54) is 12.8 Å². The van der Waals surface area contributed by atoms with Gasteiger partial charge in [0.05, 0.1) is 6.61 Å². The molecule has 132 valence electrons. The molecule has 1 saturated carbocycles. The van der Waals surface area contributed by atoms with E-state index >= 15 is 0 Å². The van der Waals surface area contributed by atoms with Crippen molar-refractivity contribution in [2.75, 3.05) is 7.11 Å². The summed E-state index contributed by atoms with van der Waals surface area (Å²) in [5.74, 6) is 1.05. The highest BCUT2D eigenvalue weighted by atomic mass is 32.1. The van der Waals surface area contributed by atoms with Crippen LogP contribution in [0.25, 0.3) is 0 Å². The molecule has 3 atom stereocenters. The van der Waals surface area contributed by atoms with Gasteiger partial charge in [-0.3, -0.25) is 15.6 Å². The summed E-state index contributed by atoms with van der Waals surface area (Å²) in [7, 11) is 1.65. The highest BCUT2D eigenvalue weighted by Crippen LogP contribution is 2.29. The molecule has 1 fully saturated rings. The molecule has 3 N–H and O–H groups in total. The van der Waals surface area contributed by atoms with Crippen LogP contribution in [-0.2, 0) is 11.3 Å². The largest absolute Gasteiger partial charge is 0.380 e. The molecule has 1 aromatic carbocycles. The van der Waals surface area contributed by atoms with Crippen LogP contribution in [0, 0.1) is 11.8 Å². The number of carbonyl (C=O) groups is 1. The number of hydrazine groups is 1. The Kier molecular flexibility index (Phi) is 6.99. The van der Waals surface area contributed by atoms with Crippen molar-refractivity contribution in [3.63, 3.8) is 0 Å². The molecular weight excluding hydrogens is 322 g/mol. The Morgan fingerprint density at radius 3 is 2.58 bits per heavy atom. The van der Waals surface area contributed by atoms with Gasteiger partial charge in [-0.1, -0.05) is 38.8 Å². The molecule has 0 bridgehead atoms. The van der Waals surface area contributed by atoms with Crippen molar-refractivity contribution < 1.29 is 9.53 Å². The minimum absolute atomic E-state index is 0.215. The summed E-state index contributed by atoms with van der Waals surface area (Å²) in [4.78, 5) is 12.1. The Morgan fingerprint density at radius 1 is 1.21 bits per heavy atom. The molecule has 0 saturated heterocycles. The normalized spacial score (nSPS) is 23.4. The fourth-order valence-corrected chi connectivity index (χ4v) is 3.30. The molecule has 2 rings (SSSR count). The number of ether oxygens (including phenoxy) is 1. The van der Waals surface area contributed by atoms with Crippen molar-refractivity contribution >= 4 is 23.2 Å². The predicted molar refractivity (Wildman–Crippen MR) is 99.5 cm³/mol. The monoisotopic (exact) mass is 349 g/mol. The first-order chi connectivity index (χ1) is 11.5. The van der Waals surface area contributed by atoms with E-state index in [1.807, 2.05) is 12.1 Å². The fraction of sp³-hybridized carbons (Fsp3) is 0.556. The third-order valence-corrected chi connectivity index (χ3v) is 5.06. The van der Waals surface area contributed by atoms with Gasteiger partial charge in [0.2, 0.25) is 0 Å². The molecule has 1 aromatic rings. The maximum Gasteiger partial charge on any atom is 0.269 e. The van der Waals surface area contributed by atoms with Crippen molar-refractivity contribution in [1.82, 2.24) is 16.2 Å². The molecule has 1 amide bonds. The zero-order valence-corrected chi connectivity index (χ0v) is 15.4. The molecule has 0 heterocycles. The quantitative estimate of drug-likeness (QED) is 0.576. The maximum atomic E-state index is 12.1. The Balaban J connectivity index is 1.79. The van der Waals surface area contributed by atoms with Crippen LogP contribution < -0.4 is 16.2 Å². The van der Waals surface area contributed by atoms with Gasteiger partial charge < -0.3 is 10.1 Å². The number of nitrogens with one attached hydrogen (secondary N) is 3. The molecule has 24 heavy (non-hydrogen) atoms. The van der Waals surface area contributed by atoms with E-state index in [0.717, 1.165) is 12.0 Å². The summed E-state index contributed by atoms with van der Waals surface area (Å²) in [6.07, 6.45) is 3.60. The summed E-state index contributed by atoms with van der Waals surface area (Å²) >= 11 is 5.30. The molecule has 0 aliphatic heterocycles. The summed E-state index contributed by atoms with van der Waals surface area (Å²) < 4.78 is 5.06. The maximum absolute atomic E-state index is 12.1. The topological polar surface area (TPSA) is 62.4 Å². The second-order valence-electron chi connectivity index (χ2n) is 6.56. The summed E-state index contributed by atoms with van der Waals surface area (Å²) in [6, 6.07) is 7.65. The SMILES string of the molecule is COCc1ccc(C(=O)NNC(=S)N[C@H]2CCC[C@H](C)[C@H]2C)cc1. The lowest BCUT2D eigenvalue weighted by molar-refractivity contribution is 0.0943. The van der Waals surface area contributed by atoms with E-state index in [1.54, 1.807) is 19.2 Å². The standard InChI is InChI=1S/C18H27N3O2S/c1-12-5-4-6-16(13(12)2)19-18(24)21-20-17(22)15-9-7-14(8-10-15)11-23-3/h7-10,12-13,16H,4-6,11H2,1-3H3,(H,20,22)(H2,19,21,24)/t12-,13+,16-/m0/s1. The smallest absolute Gasteiger partial charge is 0.269 e. The van der Waals surface area contributed by atoms with Crippen LogP contribution in [0.3, 0.4) is 0 Å². The molecule has 1 aliphatic carbocycles. The predicted octanol–water partition coefficient (Wildman–Crippen LogP) is 2.77. The lowest BCUT2D eigenvalue weighted by Crippen LogP contribution is -2.52. The number of benzene rings is 1. The Hall–Kier alpha value is -1.66. The van der Waals surface area contributed by atoms with E-state index < -0.39 is 0 Å². The van der Waals surface area contributed by atoms with Gasteiger partial charge in [0, 0.05) is 18.7 Å². The minimum atomic E-state index is -0.215. The lowest BCUT2D eigenvalue weighted by Gasteiger charge is -2.35. The van der Waals surface area contributed by atoms with Gasteiger partial charge >= 0.3 is 0 Å². The van der Waals surface area contributed by atoms with Crippen LogP contribution in [-0.4, -0.2) is 24.2 Å². The number of hydrogen-bond acceptors (Lipinski definition) is 3. The first-order valence-corrected chi connectivity index (χ1v) is 8.86. The van der Waals surface area contributed by atoms with Crippen LogP contribution in [0.5, 0.6) is 0 Å². The van der Waals surface area contributed by atoms with E-state index in [2.05, 4.69) is 30.0 Å². The van der Waals surface area contributed by atoms with Gasteiger partial charge in [-0.2, -0.15) is 0 Å². The van der Waals surface area contributed by atoms with E-state index in [4.69, 9.17) is 17.0 Å². The van der Waals surface area contributed by atoms with Crippen LogP contribution >= 0.6 is 12.2 Å². The minimum Gasteiger partial charge on any atom is -0.380 e. The number of amides is 1. The number of carbonyl (C=O) groups excluding carboxylic acids is 1. The molecular formula is C18H27N3O2S. The van der Waals surface area contributed by atoms with Crippen LogP contribution in [0.2, 0.25) is 0 Å². The van der Waals surface area contributed by atoms with Gasteiger partial charge in [0.25, 0.3) is 5.91 Å². The molecule has 0 unspecified atom stereocenters. The van der Waals surface area contributed by atoms with E-state index in [9.17, 15) is 4.79 Å². The summed E-state index contributed by atoms with van der Waals surface area (Å²) in [5, 5.41) is 3.78. The highest BCUT2D eigenvalue weighted by molar-refractivity contribution is 7.80. The zero-order valence-electron chi connectivity index (χ0n) is 14.6. The second-order valence-corrected chi connectivity index (χ2v) is 6.96. The third kappa shape index (κ3) is 5.18. The molecule has 1 aliphatic rings.